The first-order chi connectivity index (χ1) is 6.13. The molecule has 0 aliphatic carbocycles. The molecule has 0 saturated heterocycles. The second-order valence-electron chi connectivity index (χ2n) is 1.86. The van der Waals surface area contributed by atoms with E-state index in [1.807, 2.05) is 13.8 Å². The van der Waals surface area contributed by atoms with Crippen LogP contribution < -0.4 is 0 Å². The Morgan fingerprint density at radius 1 is 1.46 bits per heavy atom. The lowest BCUT2D eigenvalue weighted by atomic mass is 10.3. The van der Waals surface area contributed by atoms with Crippen molar-refractivity contribution in [3.63, 3.8) is 0 Å². The highest BCUT2D eigenvalue weighted by molar-refractivity contribution is 5.45. The van der Waals surface area contributed by atoms with Gasteiger partial charge in [-0.3, -0.25) is 10.1 Å². The highest BCUT2D eigenvalue weighted by Crippen LogP contribution is 2.27. The largest absolute Gasteiger partial charge is 0.500 e. The Morgan fingerprint density at radius 3 is 2.38 bits per heavy atom. The monoisotopic (exact) mass is 187 g/mol. The lowest BCUT2D eigenvalue weighted by Gasteiger charge is -1.94. The van der Waals surface area contributed by atoms with E-state index < -0.39 is 22.2 Å². The summed E-state index contributed by atoms with van der Waals surface area (Å²) in [7, 11) is 0. The first-order valence-corrected chi connectivity index (χ1v) is 3.75. The van der Waals surface area contributed by atoms with E-state index in [9.17, 15) is 14.5 Å². The summed E-state index contributed by atoms with van der Waals surface area (Å²) >= 11 is 0. The molecule has 0 bridgehead atoms. The van der Waals surface area contributed by atoms with Crippen LogP contribution in [0, 0.1) is 15.9 Å². The summed E-state index contributed by atoms with van der Waals surface area (Å²) in [5.41, 5.74) is -0.620. The third-order valence-corrected chi connectivity index (χ3v) is 1.16. The number of benzene rings is 1. The highest BCUT2D eigenvalue weighted by Gasteiger charge is 2.15. The van der Waals surface area contributed by atoms with Crippen molar-refractivity contribution < 1.29 is 14.4 Å². The molecule has 72 valence electrons. The number of rotatable bonds is 1. The zero-order valence-corrected chi connectivity index (χ0v) is 7.32. The molecule has 0 aliphatic heterocycles. The van der Waals surface area contributed by atoms with E-state index in [4.69, 9.17) is 5.11 Å². The number of phenolic OH excluding ortho intramolecular Hbond substituents is 1. The minimum atomic E-state index is -0.987. The summed E-state index contributed by atoms with van der Waals surface area (Å²) < 4.78 is 12.4. The molecule has 0 saturated carbocycles. The van der Waals surface area contributed by atoms with Gasteiger partial charge in [0.2, 0.25) is 5.75 Å². The molecule has 1 aromatic rings. The molecule has 4 nitrogen and oxygen atoms in total. The first kappa shape index (κ1) is 11.4. The minimum absolute atomic E-state index is 0.620. The summed E-state index contributed by atoms with van der Waals surface area (Å²) in [5, 5.41) is 18.8. The van der Waals surface area contributed by atoms with Gasteiger partial charge in [-0.15, -0.1) is 0 Å². The van der Waals surface area contributed by atoms with Crippen LogP contribution in [0.5, 0.6) is 5.75 Å². The molecule has 0 spiro atoms. The number of para-hydroxylation sites is 1. The number of phenols is 1. The van der Waals surface area contributed by atoms with E-state index >= 15 is 0 Å². The average Bonchev–Trinajstić information content (AvgIpc) is 2.13. The topological polar surface area (TPSA) is 63.4 Å². The van der Waals surface area contributed by atoms with Crippen molar-refractivity contribution in [1.29, 1.82) is 0 Å². The van der Waals surface area contributed by atoms with Crippen LogP contribution in [0.4, 0.5) is 10.1 Å². The maximum absolute atomic E-state index is 12.4. The van der Waals surface area contributed by atoms with Gasteiger partial charge in [-0.2, -0.15) is 0 Å². The molecule has 0 unspecified atom stereocenters. The quantitative estimate of drug-likeness (QED) is 0.542. The minimum Gasteiger partial charge on any atom is -0.500 e. The summed E-state index contributed by atoms with van der Waals surface area (Å²) in [6, 6.07) is 3.13. The first-order valence-electron chi connectivity index (χ1n) is 3.75. The van der Waals surface area contributed by atoms with E-state index in [1.165, 1.54) is 0 Å². The fraction of sp³-hybridized carbons (Fsp3) is 0.250. The number of hydrogen-bond acceptors (Lipinski definition) is 3. The molecule has 0 atom stereocenters. The van der Waals surface area contributed by atoms with Crippen molar-refractivity contribution in [2.24, 2.45) is 0 Å². The summed E-state index contributed by atoms with van der Waals surface area (Å²) in [5.74, 6) is -1.91. The van der Waals surface area contributed by atoms with Crippen LogP contribution >= 0.6 is 0 Å². The second kappa shape index (κ2) is 5.08. The Balaban J connectivity index is 0.000000671. The fourth-order valence-electron chi connectivity index (χ4n) is 0.651. The Morgan fingerprint density at radius 2 is 2.00 bits per heavy atom. The van der Waals surface area contributed by atoms with Gasteiger partial charge in [-0.05, 0) is 6.07 Å². The van der Waals surface area contributed by atoms with Crippen LogP contribution in [-0.4, -0.2) is 10.0 Å². The Kier molecular flexibility index (Phi) is 4.43. The molecule has 13 heavy (non-hydrogen) atoms. The molecular weight excluding hydrogens is 177 g/mol. The van der Waals surface area contributed by atoms with Crippen LogP contribution in [0.15, 0.2) is 18.2 Å². The molecule has 0 fully saturated rings. The van der Waals surface area contributed by atoms with Crippen LogP contribution in [0.2, 0.25) is 0 Å². The molecule has 0 aliphatic rings. The zero-order valence-electron chi connectivity index (χ0n) is 7.32. The lowest BCUT2D eigenvalue weighted by Crippen LogP contribution is -1.89. The van der Waals surface area contributed by atoms with Gasteiger partial charge in [-0.25, -0.2) is 4.39 Å². The highest BCUT2D eigenvalue weighted by atomic mass is 19.1. The predicted molar refractivity (Wildman–Crippen MR) is 46.1 cm³/mol. The van der Waals surface area contributed by atoms with Gasteiger partial charge in [-0.1, -0.05) is 19.9 Å². The van der Waals surface area contributed by atoms with Crippen LogP contribution in [0.3, 0.4) is 0 Å². The van der Waals surface area contributed by atoms with E-state index in [2.05, 4.69) is 0 Å². The van der Waals surface area contributed by atoms with Crippen LogP contribution in [0.25, 0.3) is 0 Å². The van der Waals surface area contributed by atoms with Gasteiger partial charge in [0.15, 0.2) is 5.82 Å². The Hall–Kier alpha value is -1.65. The number of aromatic hydroxyl groups is 1. The van der Waals surface area contributed by atoms with Crippen molar-refractivity contribution in [2.75, 3.05) is 0 Å². The zero-order chi connectivity index (χ0) is 10.4. The van der Waals surface area contributed by atoms with E-state index in [-0.39, 0.29) is 0 Å². The number of nitrogens with zero attached hydrogens (tertiary/aromatic N) is 1. The van der Waals surface area contributed by atoms with Crippen LogP contribution in [-0.2, 0) is 0 Å². The maximum atomic E-state index is 12.4. The fourth-order valence-corrected chi connectivity index (χ4v) is 0.651. The molecule has 1 rings (SSSR count). The molecule has 5 heteroatoms. The van der Waals surface area contributed by atoms with E-state index in [0.29, 0.717) is 0 Å². The van der Waals surface area contributed by atoms with Crippen molar-refractivity contribution in [3.05, 3.63) is 34.1 Å². The molecule has 0 heterocycles. The van der Waals surface area contributed by atoms with Gasteiger partial charge in [0.25, 0.3) is 0 Å². The van der Waals surface area contributed by atoms with Gasteiger partial charge in [0.05, 0.1) is 4.92 Å². The number of nitro benzene ring substituents is 1. The predicted octanol–water partition coefficient (Wildman–Crippen LogP) is 2.47. The Bertz CT molecular complexity index is 301. The number of halogens is 1. The van der Waals surface area contributed by atoms with Crippen molar-refractivity contribution in [1.82, 2.24) is 0 Å². The SMILES string of the molecule is CC.O=[N+]([O-])c1cccc(F)c1O. The number of hydrogen-bond donors (Lipinski definition) is 1. The summed E-state index contributed by atoms with van der Waals surface area (Å²) in [6.45, 7) is 4.00. The number of nitro groups is 1. The summed E-state index contributed by atoms with van der Waals surface area (Å²) in [6.07, 6.45) is 0. The molecule has 0 amide bonds. The van der Waals surface area contributed by atoms with E-state index in [0.717, 1.165) is 18.2 Å². The maximum Gasteiger partial charge on any atom is 0.313 e. The van der Waals surface area contributed by atoms with Gasteiger partial charge in [0.1, 0.15) is 0 Å². The van der Waals surface area contributed by atoms with Gasteiger partial charge >= 0.3 is 5.69 Å². The Labute approximate surface area is 74.8 Å². The second-order valence-corrected chi connectivity index (χ2v) is 1.86. The molecule has 0 aromatic heterocycles. The van der Waals surface area contributed by atoms with Crippen molar-refractivity contribution >= 4 is 5.69 Å². The average molecular weight is 187 g/mol. The normalized spacial score (nSPS) is 8.54. The molecule has 0 radical (unpaired) electrons. The molecular formula is C8H10FNO3. The lowest BCUT2D eigenvalue weighted by molar-refractivity contribution is -0.386. The smallest absolute Gasteiger partial charge is 0.313 e. The summed E-state index contributed by atoms with van der Waals surface area (Å²) in [4.78, 5) is 9.20. The van der Waals surface area contributed by atoms with Gasteiger partial charge in [0, 0.05) is 6.07 Å². The molecule has 1 N–H and O–H groups in total. The van der Waals surface area contributed by atoms with E-state index in [1.54, 1.807) is 0 Å². The molecule has 1 aromatic carbocycles. The standard InChI is InChI=1S/C6H4FNO3.C2H6/c7-4-2-1-3-5(6(4)9)8(10)11;1-2/h1-3,9H;1-2H3. The van der Waals surface area contributed by atoms with Crippen LogP contribution in [0.1, 0.15) is 13.8 Å². The van der Waals surface area contributed by atoms with Crippen molar-refractivity contribution in [2.45, 2.75) is 13.8 Å². The third-order valence-electron chi connectivity index (χ3n) is 1.16. The van der Waals surface area contributed by atoms with Crippen molar-refractivity contribution in [3.8, 4) is 5.75 Å². The third kappa shape index (κ3) is 2.70. The van der Waals surface area contributed by atoms with Gasteiger partial charge < -0.3 is 5.11 Å².